The minimum atomic E-state index is -3.77. The quantitative estimate of drug-likeness (QED) is 0.843. The number of nitrogens with one attached hydrogen (secondary N) is 1. The Hall–Kier alpha value is -2.38. The lowest BCUT2D eigenvalue weighted by Crippen LogP contribution is -2.41. The molecular weight excluding hydrogens is 352 g/mol. The lowest BCUT2D eigenvalue weighted by atomic mass is 10.2. The van der Waals surface area contributed by atoms with E-state index in [-0.39, 0.29) is 10.8 Å². The lowest BCUT2D eigenvalue weighted by molar-refractivity contribution is -0.118. The Bertz CT molecular complexity index is 877. The van der Waals surface area contributed by atoms with Crippen LogP contribution in [0.3, 0.4) is 0 Å². The van der Waals surface area contributed by atoms with E-state index in [1.54, 1.807) is 17.0 Å². The molecule has 0 saturated carbocycles. The van der Waals surface area contributed by atoms with Gasteiger partial charge in [0.05, 0.1) is 11.5 Å². The first-order chi connectivity index (χ1) is 12.4. The molecular formula is C19H22N2O4S. The molecule has 1 fully saturated rings. The second kappa shape index (κ2) is 7.47. The van der Waals surface area contributed by atoms with Crippen LogP contribution in [0.2, 0.25) is 0 Å². The average Bonchev–Trinajstić information content (AvgIpc) is 2.97. The van der Waals surface area contributed by atoms with Gasteiger partial charge in [0, 0.05) is 12.2 Å². The SMILES string of the molecule is CCOc1ccc(S(=O)(=O)N[C@@H]2CCN(c3ccc(C)cc3)C2=O)cc1. The van der Waals surface area contributed by atoms with Gasteiger partial charge in [0.2, 0.25) is 15.9 Å². The molecule has 1 saturated heterocycles. The summed E-state index contributed by atoms with van der Waals surface area (Å²) in [5.41, 5.74) is 1.89. The van der Waals surface area contributed by atoms with Crippen molar-refractivity contribution in [1.29, 1.82) is 0 Å². The van der Waals surface area contributed by atoms with Crippen LogP contribution in [0.5, 0.6) is 5.75 Å². The first-order valence-corrected chi connectivity index (χ1v) is 10.0. The van der Waals surface area contributed by atoms with Crippen molar-refractivity contribution in [3.63, 3.8) is 0 Å². The van der Waals surface area contributed by atoms with Gasteiger partial charge in [-0.25, -0.2) is 8.42 Å². The summed E-state index contributed by atoms with van der Waals surface area (Å²) in [6.07, 6.45) is 0.434. The number of ether oxygens (including phenoxy) is 1. The average molecular weight is 374 g/mol. The van der Waals surface area contributed by atoms with Gasteiger partial charge in [-0.15, -0.1) is 0 Å². The fraction of sp³-hybridized carbons (Fsp3) is 0.316. The van der Waals surface area contributed by atoms with Gasteiger partial charge in [-0.3, -0.25) is 4.79 Å². The molecule has 6 nitrogen and oxygen atoms in total. The first kappa shape index (κ1) is 18.4. The number of hydrogen-bond acceptors (Lipinski definition) is 4. The zero-order valence-electron chi connectivity index (χ0n) is 14.8. The molecule has 0 aromatic heterocycles. The second-order valence-electron chi connectivity index (χ2n) is 6.19. The predicted molar refractivity (Wildman–Crippen MR) is 99.9 cm³/mol. The number of carbonyl (C=O) groups excluding carboxylic acids is 1. The molecule has 0 unspecified atom stereocenters. The van der Waals surface area contributed by atoms with Gasteiger partial charge in [-0.1, -0.05) is 17.7 Å². The highest BCUT2D eigenvalue weighted by Crippen LogP contribution is 2.23. The highest BCUT2D eigenvalue weighted by molar-refractivity contribution is 7.89. The van der Waals surface area contributed by atoms with Crippen LogP contribution in [0.1, 0.15) is 18.9 Å². The molecule has 3 rings (SSSR count). The maximum atomic E-state index is 12.6. The molecule has 1 atom stereocenters. The molecule has 2 aromatic carbocycles. The topological polar surface area (TPSA) is 75.7 Å². The summed E-state index contributed by atoms with van der Waals surface area (Å²) in [5.74, 6) is 0.373. The van der Waals surface area contributed by atoms with Crippen molar-refractivity contribution < 1.29 is 17.9 Å². The van der Waals surface area contributed by atoms with Crippen LogP contribution in [0.15, 0.2) is 53.4 Å². The van der Waals surface area contributed by atoms with Crippen LogP contribution in [0.4, 0.5) is 5.69 Å². The van der Waals surface area contributed by atoms with E-state index in [9.17, 15) is 13.2 Å². The van der Waals surface area contributed by atoms with E-state index in [0.29, 0.717) is 25.3 Å². The zero-order chi connectivity index (χ0) is 18.7. The maximum absolute atomic E-state index is 12.6. The highest BCUT2D eigenvalue weighted by Gasteiger charge is 2.35. The molecule has 1 amide bonds. The number of anilines is 1. The minimum Gasteiger partial charge on any atom is -0.494 e. The fourth-order valence-electron chi connectivity index (χ4n) is 2.91. The summed E-state index contributed by atoms with van der Waals surface area (Å²) in [7, 11) is -3.77. The van der Waals surface area contributed by atoms with E-state index >= 15 is 0 Å². The number of hydrogen-bond donors (Lipinski definition) is 1. The van der Waals surface area contributed by atoms with Crippen LogP contribution in [-0.2, 0) is 14.8 Å². The largest absolute Gasteiger partial charge is 0.494 e. The van der Waals surface area contributed by atoms with E-state index in [1.807, 2.05) is 38.1 Å². The van der Waals surface area contributed by atoms with E-state index in [2.05, 4.69) is 4.72 Å². The van der Waals surface area contributed by atoms with Crippen molar-refractivity contribution in [3.8, 4) is 5.75 Å². The van der Waals surface area contributed by atoms with Gasteiger partial charge in [0.1, 0.15) is 11.8 Å². The third-order valence-electron chi connectivity index (χ3n) is 4.29. The van der Waals surface area contributed by atoms with Crippen molar-refractivity contribution in [2.24, 2.45) is 0 Å². The summed E-state index contributed by atoms with van der Waals surface area (Å²) >= 11 is 0. The Balaban J connectivity index is 1.72. The molecule has 2 aromatic rings. The standard InChI is InChI=1S/C19H22N2O4S/c1-3-25-16-8-10-17(11-9-16)26(23,24)20-18-12-13-21(19(18)22)15-6-4-14(2)5-7-15/h4-11,18,20H,3,12-13H2,1-2H3/t18-/m1/s1. The molecule has 26 heavy (non-hydrogen) atoms. The Morgan fingerprint density at radius 3 is 2.38 bits per heavy atom. The number of aryl methyl sites for hydroxylation is 1. The third kappa shape index (κ3) is 3.89. The van der Waals surface area contributed by atoms with E-state index < -0.39 is 16.1 Å². The molecule has 1 aliphatic heterocycles. The van der Waals surface area contributed by atoms with E-state index in [1.165, 1.54) is 12.1 Å². The van der Waals surface area contributed by atoms with Crippen molar-refractivity contribution in [2.45, 2.75) is 31.2 Å². The van der Waals surface area contributed by atoms with Gasteiger partial charge in [0.25, 0.3) is 0 Å². The minimum absolute atomic E-state index is 0.113. The Kier molecular flexibility index (Phi) is 5.29. The molecule has 0 bridgehead atoms. The predicted octanol–water partition coefficient (Wildman–Crippen LogP) is 2.48. The Morgan fingerprint density at radius 1 is 1.12 bits per heavy atom. The zero-order valence-corrected chi connectivity index (χ0v) is 15.6. The second-order valence-corrected chi connectivity index (χ2v) is 7.91. The Labute approximate surface area is 153 Å². The molecule has 0 spiro atoms. The summed E-state index contributed by atoms with van der Waals surface area (Å²) in [6.45, 7) is 4.83. The van der Waals surface area contributed by atoms with Gasteiger partial charge < -0.3 is 9.64 Å². The lowest BCUT2D eigenvalue weighted by Gasteiger charge is -2.17. The van der Waals surface area contributed by atoms with Gasteiger partial charge >= 0.3 is 0 Å². The molecule has 0 aliphatic carbocycles. The summed E-state index contributed by atoms with van der Waals surface area (Å²) < 4.78 is 33.0. The molecule has 138 valence electrons. The van der Waals surface area contributed by atoms with Crippen LogP contribution in [-0.4, -0.2) is 33.5 Å². The summed E-state index contributed by atoms with van der Waals surface area (Å²) in [5, 5.41) is 0. The van der Waals surface area contributed by atoms with Crippen LogP contribution in [0, 0.1) is 6.92 Å². The molecule has 7 heteroatoms. The molecule has 0 radical (unpaired) electrons. The van der Waals surface area contributed by atoms with Gasteiger partial charge in [-0.2, -0.15) is 4.72 Å². The fourth-order valence-corrected chi connectivity index (χ4v) is 4.13. The molecule has 1 N–H and O–H groups in total. The first-order valence-electron chi connectivity index (χ1n) is 8.54. The monoisotopic (exact) mass is 374 g/mol. The molecule has 1 aliphatic rings. The van der Waals surface area contributed by atoms with Crippen molar-refractivity contribution in [3.05, 3.63) is 54.1 Å². The third-order valence-corrected chi connectivity index (χ3v) is 5.78. The van der Waals surface area contributed by atoms with Crippen LogP contribution < -0.4 is 14.4 Å². The van der Waals surface area contributed by atoms with Crippen molar-refractivity contribution in [1.82, 2.24) is 4.72 Å². The normalized spacial score (nSPS) is 17.5. The number of benzene rings is 2. The van der Waals surface area contributed by atoms with E-state index in [0.717, 1.165) is 11.3 Å². The van der Waals surface area contributed by atoms with Crippen molar-refractivity contribution in [2.75, 3.05) is 18.1 Å². The highest BCUT2D eigenvalue weighted by atomic mass is 32.2. The number of amides is 1. The number of sulfonamides is 1. The number of rotatable bonds is 6. The number of nitrogens with zero attached hydrogens (tertiary/aromatic N) is 1. The maximum Gasteiger partial charge on any atom is 0.245 e. The van der Waals surface area contributed by atoms with Gasteiger partial charge in [0.15, 0.2) is 0 Å². The van der Waals surface area contributed by atoms with Crippen LogP contribution in [0.25, 0.3) is 0 Å². The summed E-state index contributed by atoms with van der Waals surface area (Å²) in [4.78, 5) is 14.3. The molecule has 1 heterocycles. The van der Waals surface area contributed by atoms with Crippen molar-refractivity contribution >= 4 is 21.6 Å². The van der Waals surface area contributed by atoms with Crippen LogP contribution >= 0.6 is 0 Å². The van der Waals surface area contributed by atoms with Gasteiger partial charge in [-0.05, 0) is 56.7 Å². The Morgan fingerprint density at radius 2 is 1.77 bits per heavy atom. The number of carbonyl (C=O) groups is 1. The smallest absolute Gasteiger partial charge is 0.245 e. The van der Waals surface area contributed by atoms with E-state index in [4.69, 9.17) is 4.74 Å². The summed E-state index contributed by atoms with van der Waals surface area (Å²) in [6, 6.07) is 13.0.